The topological polar surface area (TPSA) is 37.3 Å². The molecule has 2 heteroatoms. The highest BCUT2D eigenvalue weighted by Gasteiger charge is 2.51. The molecule has 0 saturated heterocycles. The van der Waals surface area contributed by atoms with Crippen molar-refractivity contribution in [3.05, 3.63) is 12.2 Å². The lowest BCUT2D eigenvalue weighted by molar-refractivity contribution is -0.137. The van der Waals surface area contributed by atoms with Crippen LogP contribution in [0.1, 0.15) is 32.1 Å². The average Bonchev–Trinajstić information content (AvgIpc) is 2.86. The monoisotopic (exact) mass is 206 g/mol. The highest BCUT2D eigenvalue weighted by Crippen LogP contribution is 2.59. The Labute approximate surface area is 90.4 Å². The summed E-state index contributed by atoms with van der Waals surface area (Å²) in [7, 11) is 0. The van der Waals surface area contributed by atoms with Gasteiger partial charge in [0.25, 0.3) is 0 Å². The minimum Gasteiger partial charge on any atom is -0.481 e. The van der Waals surface area contributed by atoms with Gasteiger partial charge in [0.1, 0.15) is 0 Å². The maximum Gasteiger partial charge on any atom is 0.303 e. The van der Waals surface area contributed by atoms with Crippen LogP contribution in [-0.2, 0) is 4.79 Å². The van der Waals surface area contributed by atoms with Gasteiger partial charge in [-0.2, -0.15) is 0 Å². The van der Waals surface area contributed by atoms with Crippen molar-refractivity contribution in [2.45, 2.75) is 32.1 Å². The van der Waals surface area contributed by atoms with Gasteiger partial charge in [0.15, 0.2) is 0 Å². The molecule has 15 heavy (non-hydrogen) atoms. The molecule has 2 fully saturated rings. The van der Waals surface area contributed by atoms with Crippen LogP contribution in [0.4, 0.5) is 0 Å². The van der Waals surface area contributed by atoms with Gasteiger partial charge in [0, 0.05) is 6.42 Å². The largest absolute Gasteiger partial charge is 0.481 e. The second kappa shape index (κ2) is 3.36. The molecule has 0 amide bonds. The Kier molecular flexibility index (Phi) is 2.11. The summed E-state index contributed by atoms with van der Waals surface area (Å²) in [5.41, 5.74) is 0. The van der Waals surface area contributed by atoms with E-state index in [1.165, 1.54) is 19.3 Å². The molecule has 0 heterocycles. The molecule has 3 aliphatic carbocycles. The molecular weight excluding hydrogens is 188 g/mol. The maximum absolute atomic E-state index is 10.6. The minimum absolute atomic E-state index is 0.374. The van der Waals surface area contributed by atoms with E-state index in [0.29, 0.717) is 12.3 Å². The molecule has 1 N–H and O–H groups in total. The summed E-state index contributed by atoms with van der Waals surface area (Å²) >= 11 is 0. The van der Waals surface area contributed by atoms with Crippen LogP contribution in [-0.4, -0.2) is 11.1 Å². The highest BCUT2D eigenvalue weighted by atomic mass is 16.4. The predicted octanol–water partition coefficient (Wildman–Crippen LogP) is 2.70. The van der Waals surface area contributed by atoms with E-state index in [-0.39, 0.29) is 0 Å². The van der Waals surface area contributed by atoms with E-state index in [1.54, 1.807) is 0 Å². The molecule has 0 spiro atoms. The molecule has 3 aliphatic rings. The van der Waals surface area contributed by atoms with E-state index in [0.717, 1.165) is 30.1 Å². The molecule has 0 aromatic carbocycles. The van der Waals surface area contributed by atoms with Gasteiger partial charge in [-0.1, -0.05) is 12.2 Å². The van der Waals surface area contributed by atoms with Crippen LogP contribution in [0.25, 0.3) is 0 Å². The van der Waals surface area contributed by atoms with Crippen molar-refractivity contribution < 1.29 is 9.90 Å². The van der Waals surface area contributed by atoms with E-state index >= 15 is 0 Å². The zero-order chi connectivity index (χ0) is 10.4. The number of hydrogen-bond donors (Lipinski definition) is 1. The first-order valence-electron chi connectivity index (χ1n) is 6.14. The fourth-order valence-corrected chi connectivity index (χ4v) is 4.34. The van der Waals surface area contributed by atoms with Crippen molar-refractivity contribution in [2.24, 2.45) is 29.6 Å². The first-order valence-corrected chi connectivity index (χ1v) is 6.14. The van der Waals surface area contributed by atoms with Crippen LogP contribution in [0, 0.1) is 29.6 Å². The molecule has 5 unspecified atom stereocenters. The molecule has 2 bridgehead atoms. The van der Waals surface area contributed by atoms with Crippen LogP contribution in [0.3, 0.4) is 0 Å². The molecule has 2 saturated carbocycles. The summed E-state index contributed by atoms with van der Waals surface area (Å²) in [6, 6.07) is 0. The lowest BCUT2D eigenvalue weighted by Gasteiger charge is -2.31. The Hall–Kier alpha value is -0.790. The Morgan fingerprint density at radius 1 is 1.33 bits per heavy atom. The quantitative estimate of drug-likeness (QED) is 0.721. The number of carboxylic acid groups (broad SMARTS) is 1. The Balaban J connectivity index is 1.64. The standard InChI is InChI=1S/C13H18O2/c14-13(15)5-4-8-6-9-7-12(8)11-3-1-2-10(9)11/h1-2,8-12H,3-7H2,(H,14,15). The average molecular weight is 206 g/mol. The minimum atomic E-state index is -0.626. The number of carbonyl (C=O) groups is 1. The van der Waals surface area contributed by atoms with Crippen LogP contribution in [0.2, 0.25) is 0 Å². The first-order chi connectivity index (χ1) is 7.25. The Morgan fingerprint density at radius 3 is 3.00 bits per heavy atom. The van der Waals surface area contributed by atoms with E-state index in [1.807, 2.05) is 0 Å². The zero-order valence-electron chi connectivity index (χ0n) is 8.93. The molecule has 0 aromatic heterocycles. The van der Waals surface area contributed by atoms with Crippen molar-refractivity contribution in [1.82, 2.24) is 0 Å². The number of fused-ring (bicyclic) bond motifs is 5. The number of carboxylic acids is 1. The van der Waals surface area contributed by atoms with Gasteiger partial charge in [-0.25, -0.2) is 0 Å². The number of allylic oxidation sites excluding steroid dienone is 2. The highest BCUT2D eigenvalue weighted by molar-refractivity contribution is 5.66. The fourth-order valence-electron chi connectivity index (χ4n) is 4.34. The molecule has 2 nitrogen and oxygen atoms in total. The van der Waals surface area contributed by atoms with Gasteiger partial charge < -0.3 is 5.11 Å². The molecule has 3 rings (SSSR count). The van der Waals surface area contributed by atoms with Crippen LogP contribution >= 0.6 is 0 Å². The maximum atomic E-state index is 10.6. The van der Waals surface area contributed by atoms with E-state index in [9.17, 15) is 4.79 Å². The summed E-state index contributed by atoms with van der Waals surface area (Å²) in [6.07, 6.45) is 9.98. The summed E-state index contributed by atoms with van der Waals surface area (Å²) in [4.78, 5) is 10.6. The van der Waals surface area contributed by atoms with Gasteiger partial charge >= 0.3 is 5.97 Å². The number of hydrogen-bond acceptors (Lipinski definition) is 1. The molecule has 82 valence electrons. The van der Waals surface area contributed by atoms with Crippen LogP contribution in [0.5, 0.6) is 0 Å². The van der Waals surface area contributed by atoms with Crippen LogP contribution < -0.4 is 0 Å². The van der Waals surface area contributed by atoms with Crippen molar-refractivity contribution in [2.75, 3.05) is 0 Å². The van der Waals surface area contributed by atoms with Crippen molar-refractivity contribution in [1.29, 1.82) is 0 Å². The van der Waals surface area contributed by atoms with Crippen molar-refractivity contribution >= 4 is 5.97 Å². The van der Waals surface area contributed by atoms with E-state index in [4.69, 9.17) is 5.11 Å². The summed E-state index contributed by atoms with van der Waals surface area (Å²) < 4.78 is 0. The number of aliphatic carboxylic acids is 1. The van der Waals surface area contributed by atoms with Gasteiger partial charge in [0.05, 0.1) is 0 Å². The Morgan fingerprint density at radius 2 is 2.20 bits per heavy atom. The van der Waals surface area contributed by atoms with Gasteiger partial charge in [0.2, 0.25) is 0 Å². The third kappa shape index (κ3) is 1.42. The molecule has 0 aromatic rings. The van der Waals surface area contributed by atoms with Gasteiger partial charge in [-0.05, 0) is 55.3 Å². The van der Waals surface area contributed by atoms with Gasteiger partial charge in [-0.15, -0.1) is 0 Å². The molecule has 0 aliphatic heterocycles. The third-order valence-electron chi connectivity index (χ3n) is 4.87. The number of rotatable bonds is 3. The lowest BCUT2D eigenvalue weighted by Crippen LogP contribution is -2.25. The molecule has 5 atom stereocenters. The normalized spacial score (nSPS) is 46.0. The summed E-state index contributed by atoms with van der Waals surface area (Å²) in [6.45, 7) is 0. The zero-order valence-corrected chi connectivity index (χ0v) is 8.93. The fraction of sp³-hybridized carbons (Fsp3) is 0.769. The van der Waals surface area contributed by atoms with Crippen molar-refractivity contribution in [3.8, 4) is 0 Å². The second-order valence-electron chi connectivity index (χ2n) is 5.49. The SMILES string of the molecule is O=C(O)CCC1CC2CC1C1CC=CC21. The second-order valence-corrected chi connectivity index (χ2v) is 5.49. The Bertz CT molecular complexity index is 308. The lowest BCUT2D eigenvalue weighted by atomic mass is 9.74. The first kappa shape index (κ1) is 9.44. The molecular formula is C13H18O2. The predicted molar refractivity (Wildman–Crippen MR) is 57.3 cm³/mol. The summed E-state index contributed by atoms with van der Waals surface area (Å²) in [5.74, 6) is 3.55. The molecule has 0 radical (unpaired) electrons. The summed E-state index contributed by atoms with van der Waals surface area (Å²) in [5, 5.41) is 8.72. The van der Waals surface area contributed by atoms with E-state index in [2.05, 4.69) is 12.2 Å². The van der Waals surface area contributed by atoms with E-state index < -0.39 is 5.97 Å². The van der Waals surface area contributed by atoms with Crippen molar-refractivity contribution in [3.63, 3.8) is 0 Å². The smallest absolute Gasteiger partial charge is 0.303 e. The van der Waals surface area contributed by atoms with Gasteiger partial charge in [-0.3, -0.25) is 4.79 Å². The van der Waals surface area contributed by atoms with Crippen LogP contribution in [0.15, 0.2) is 12.2 Å². The third-order valence-corrected chi connectivity index (χ3v) is 4.87.